The molecule has 0 aliphatic rings. The van der Waals surface area contributed by atoms with E-state index in [9.17, 15) is 0 Å². The Balaban J connectivity index is 1.65. The van der Waals surface area contributed by atoms with Crippen LogP contribution in [0.25, 0.3) is 21.5 Å². The lowest BCUT2D eigenvalue weighted by molar-refractivity contribution is 1.43. The predicted octanol–water partition coefficient (Wildman–Crippen LogP) is 7.49. The number of benzene rings is 6. The maximum absolute atomic E-state index is 2.38. The molecule has 0 spiro atoms. The Kier molecular flexibility index (Phi) is 5.46. The molecule has 34 heavy (non-hydrogen) atoms. The number of hydrogen-bond donors (Lipinski definition) is 0. The number of hydrogen-bond acceptors (Lipinski definition) is 0. The average Bonchev–Trinajstić information content (AvgIpc) is 2.92. The van der Waals surface area contributed by atoms with Gasteiger partial charge in [0, 0.05) is 0 Å². The molecule has 162 valence electrons. The van der Waals surface area contributed by atoms with Crippen molar-refractivity contribution in [2.24, 2.45) is 0 Å². The first-order valence-corrected chi connectivity index (χ1v) is 13.8. The summed E-state index contributed by atoms with van der Waals surface area (Å²) in [5.74, 6) is 0. The molecule has 0 nitrogen and oxygen atoms in total. The second-order valence-electron chi connectivity index (χ2n) is 8.81. The van der Waals surface area contributed by atoms with Crippen molar-refractivity contribution in [3.63, 3.8) is 0 Å². The van der Waals surface area contributed by atoms with E-state index in [1.165, 1.54) is 43.0 Å². The van der Waals surface area contributed by atoms with Crippen LogP contribution in [0.2, 0.25) is 0 Å². The minimum atomic E-state index is -1.94. The minimum absolute atomic E-state index is 0.987. The van der Waals surface area contributed by atoms with Crippen molar-refractivity contribution in [3.8, 4) is 0 Å². The summed E-state index contributed by atoms with van der Waals surface area (Å²) in [7, 11) is -1.94. The largest absolute Gasteiger partial charge is 0.116 e. The van der Waals surface area contributed by atoms with Crippen LogP contribution in [0.4, 0.5) is 0 Å². The van der Waals surface area contributed by atoms with E-state index < -0.39 is 7.26 Å². The summed E-state index contributed by atoms with van der Waals surface area (Å²) in [6, 6.07) is 53.7. The van der Waals surface area contributed by atoms with Crippen LogP contribution in [0.3, 0.4) is 0 Å². The van der Waals surface area contributed by atoms with Crippen molar-refractivity contribution in [1.29, 1.82) is 0 Å². The van der Waals surface area contributed by atoms with Crippen LogP contribution < -0.4 is 15.9 Å². The summed E-state index contributed by atoms with van der Waals surface area (Å²) in [5, 5.41) is 9.52. The monoisotopic (exact) mass is 453 g/mol. The Hall–Kier alpha value is -3.73. The molecule has 1 heteroatoms. The molecule has 0 radical (unpaired) electrons. The SMILES string of the molecule is c1ccc([P+](Cc2cccc3cc4ccccc4cc23)(c2ccccc2)c2ccccc2)cc1. The molecule has 0 N–H and O–H groups in total. The van der Waals surface area contributed by atoms with Crippen molar-refractivity contribution in [3.05, 3.63) is 151 Å². The Labute approximate surface area is 201 Å². The number of fused-ring (bicyclic) bond motifs is 2. The fourth-order valence-corrected chi connectivity index (χ4v) is 9.47. The van der Waals surface area contributed by atoms with Gasteiger partial charge < -0.3 is 0 Å². The summed E-state index contributed by atoms with van der Waals surface area (Å²) in [6.07, 6.45) is 0.987. The van der Waals surface area contributed by atoms with E-state index in [0.717, 1.165) is 6.16 Å². The minimum Gasteiger partial charge on any atom is -0.0620 e. The van der Waals surface area contributed by atoms with Gasteiger partial charge in [-0.1, -0.05) is 97.1 Å². The van der Waals surface area contributed by atoms with E-state index in [0.29, 0.717) is 0 Å². The van der Waals surface area contributed by atoms with Crippen LogP contribution in [-0.4, -0.2) is 0 Å². The molecule has 0 atom stereocenters. The van der Waals surface area contributed by atoms with Gasteiger partial charge in [0.1, 0.15) is 23.2 Å². The zero-order chi connectivity index (χ0) is 22.8. The van der Waals surface area contributed by atoms with Crippen LogP contribution >= 0.6 is 7.26 Å². The molecule has 6 aromatic carbocycles. The molecule has 0 aliphatic carbocycles. The second kappa shape index (κ2) is 8.90. The van der Waals surface area contributed by atoms with Crippen molar-refractivity contribution in [2.75, 3.05) is 0 Å². The normalized spacial score (nSPS) is 11.6. The lowest BCUT2D eigenvalue weighted by Gasteiger charge is -2.28. The van der Waals surface area contributed by atoms with Crippen molar-refractivity contribution in [2.45, 2.75) is 6.16 Å². The average molecular weight is 454 g/mol. The molecule has 6 aromatic rings. The van der Waals surface area contributed by atoms with Crippen LogP contribution in [0.5, 0.6) is 0 Å². The van der Waals surface area contributed by atoms with Gasteiger partial charge in [0.05, 0.1) is 6.16 Å². The Morgan fingerprint density at radius 2 is 0.824 bits per heavy atom. The van der Waals surface area contributed by atoms with E-state index in [2.05, 4.69) is 146 Å². The third-order valence-corrected chi connectivity index (χ3v) is 11.2. The van der Waals surface area contributed by atoms with Gasteiger partial charge in [-0.3, -0.25) is 0 Å². The van der Waals surface area contributed by atoms with E-state index in [1.54, 1.807) is 0 Å². The zero-order valence-corrected chi connectivity index (χ0v) is 19.9. The maximum Gasteiger partial charge on any atom is 0.116 e. The summed E-state index contributed by atoms with van der Waals surface area (Å²) >= 11 is 0. The molecule has 0 unspecified atom stereocenters. The van der Waals surface area contributed by atoms with Gasteiger partial charge in [0.15, 0.2) is 0 Å². The maximum atomic E-state index is 2.38. The van der Waals surface area contributed by atoms with Gasteiger partial charge in [-0.25, -0.2) is 0 Å². The first-order valence-electron chi connectivity index (χ1n) is 11.8. The highest BCUT2D eigenvalue weighted by molar-refractivity contribution is 7.95. The summed E-state index contributed by atoms with van der Waals surface area (Å²) < 4.78 is 0. The lowest BCUT2D eigenvalue weighted by atomic mass is 10.0. The lowest BCUT2D eigenvalue weighted by Crippen LogP contribution is -2.32. The van der Waals surface area contributed by atoms with Gasteiger partial charge in [-0.05, 0) is 75.6 Å². The van der Waals surface area contributed by atoms with Gasteiger partial charge in [-0.15, -0.1) is 0 Å². The summed E-state index contributed by atoms with van der Waals surface area (Å²) in [5.41, 5.74) is 1.41. The van der Waals surface area contributed by atoms with Gasteiger partial charge in [0.2, 0.25) is 0 Å². The highest BCUT2D eigenvalue weighted by Crippen LogP contribution is 2.58. The Morgan fingerprint density at radius 1 is 0.382 bits per heavy atom. The van der Waals surface area contributed by atoms with E-state index in [4.69, 9.17) is 0 Å². The fourth-order valence-electron chi connectivity index (χ4n) is 5.19. The first kappa shape index (κ1) is 20.8. The summed E-state index contributed by atoms with van der Waals surface area (Å²) in [6.45, 7) is 0. The topological polar surface area (TPSA) is 0 Å². The van der Waals surface area contributed by atoms with Crippen LogP contribution in [0.1, 0.15) is 5.56 Å². The van der Waals surface area contributed by atoms with E-state index in [-0.39, 0.29) is 0 Å². The van der Waals surface area contributed by atoms with Gasteiger partial charge in [0.25, 0.3) is 0 Å². The van der Waals surface area contributed by atoms with Crippen LogP contribution in [-0.2, 0) is 6.16 Å². The zero-order valence-electron chi connectivity index (χ0n) is 19.0. The molecular formula is C33H26P+. The number of rotatable bonds is 5. The predicted molar refractivity (Wildman–Crippen MR) is 150 cm³/mol. The molecule has 0 aromatic heterocycles. The molecule has 0 fully saturated rings. The molecular weight excluding hydrogens is 427 g/mol. The molecule has 0 heterocycles. The Bertz CT molecular complexity index is 1460. The van der Waals surface area contributed by atoms with E-state index >= 15 is 0 Å². The smallest absolute Gasteiger partial charge is 0.0620 e. The van der Waals surface area contributed by atoms with Crippen LogP contribution in [0, 0.1) is 0 Å². The highest BCUT2D eigenvalue weighted by atomic mass is 31.2. The first-order chi connectivity index (χ1) is 16.8. The molecule has 6 rings (SSSR count). The second-order valence-corrected chi connectivity index (χ2v) is 12.3. The third-order valence-electron chi connectivity index (χ3n) is 6.84. The van der Waals surface area contributed by atoms with Crippen molar-refractivity contribution < 1.29 is 0 Å². The molecule has 0 amide bonds. The molecule has 0 bridgehead atoms. The van der Waals surface area contributed by atoms with E-state index in [1.807, 2.05) is 0 Å². The molecule has 0 saturated carbocycles. The van der Waals surface area contributed by atoms with Crippen LogP contribution in [0.15, 0.2) is 146 Å². The molecule has 0 aliphatic heterocycles. The van der Waals surface area contributed by atoms with Crippen molar-refractivity contribution >= 4 is 44.7 Å². The third kappa shape index (κ3) is 3.61. The van der Waals surface area contributed by atoms with Gasteiger partial charge >= 0.3 is 0 Å². The molecule has 0 saturated heterocycles. The highest BCUT2D eigenvalue weighted by Gasteiger charge is 2.45. The quantitative estimate of drug-likeness (QED) is 0.187. The fraction of sp³-hybridized carbons (Fsp3) is 0.0303. The van der Waals surface area contributed by atoms with Crippen molar-refractivity contribution in [1.82, 2.24) is 0 Å². The standard InChI is InChI=1S/C33H26P/c1-4-17-30(18-5-1)34(31-19-6-2-7-20-31,32-21-8-3-9-22-32)25-29-16-12-15-28-23-26-13-10-11-14-27(26)24-33(28)29/h1-24H,25H2/q+1. The van der Waals surface area contributed by atoms with Gasteiger partial charge in [-0.2, -0.15) is 0 Å². The Morgan fingerprint density at radius 3 is 1.35 bits per heavy atom. The summed E-state index contributed by atoms with van der Waals surface area (Å²) in [4.78, 5) is 0.